The fourth-order valence-corrected chi connectivity index (χ4v) is 2.10. The summed E-state index contributed by atoms with van der Waals surface area (Å²) in [6.07, 6.45) is 0. The molecule has 1 saturated heterocycles. The second kappa shape index (κ2) is 6.68. The van der Waals surface area contributed by atoms with E-state index in [4.69, 9.17) is 5.73 Å². The van der Waals surface area contributed by atoms with Gasteiger partial charge in [-0.05, 0) is 19.5 Å². The lowest BCUT2D eigenvalue weighted by Crippen LogP contribution is -2.56. The number of amides is 1. The first kappa shape index (κ1) is 16.4. The van der Waals surface area contributed by atoms with E-state index in [1.165, 1.54) is 0 Å². The van der Waals surface area contributed by atoms with Crippen LogP contribution in [-0.4, -0.2) is 80.0 Å². The molecule has 1 amide bonds. The second-order valence-electron chi connectivity index (χ2n) is 6.81. The molecule has 5 nitrogen and oxygen atoms in total. The van der Waals surface area contributed by atoms with Crippen molar-refractivity contribution >= 4 is 5.91 Å². The third-order valence-corrected chi connectivity index (χ3v) is 3.75. The van der Waals surface area contributed by atoms with Gasteiger partial charge in [-0.15, -0.1) is 0 Å². The van der Waals surface area contributed by atoms with E-state index in [1.807, 2.05) is 25.7 Å². The van der Waals surface area contributed by atoms with Gasteiger partial charge in [-0.2, -0.15) is 0 Å². The van der Waals surface area contributed by atoms with E-state index in [0.717, 1.165) is 39.3 Å². The van der Waals surface area contributed by atoms with Crippen LogP contribution in [0.15, 0.2) is 0 Å². The first-order chi connectivity index (χ1) is 8.71. The zero-order chi connectivity index (χ0) is 14.6. The number of nitrogens with zero attached hydrogens (tertiary/aromatic N) is 3. The lowest BCUT2D eigenvalue weighted by molar-refractivity contribution is -0.136. The Morgan fingerprint density at radius 3 is 2.16 bits per heavy atom. The van der Waals surface area contributed by atoms with Gasteiger partial charge < -0.3 is 15.5 Å². The molecule has 0 unspecified atom stereocenters. The van der Waals surface area contributed by atoms with Gasteiger partial charge in [0.2, 0.25) is 5.91 Å². The Morgan fingerprint density at radius 2 is 1.74 bits per heavy atom. The summed E-state index contributed by atoms with van der Waals surface area (Å²) in [5.41, 5.74) is 5.88. The number of nitrogens with two attached hydrogens (primary N) is 1. The van der Waals surface area contributed by atoms with Crippen molar-refractivity contribution in [3.63, 3.8) is 0 Å². The molecule has 1 atom stereocenters. The molecule has 1 heterocycles. The number of rotatable bonds is 4. The molecule has 1 aliphatic heterocycles. The molecule has 0 bridgehead atoms. The fourth-order valence-electron chi connectivity index (χ4n) is 2.10. The normalized spacial score (nSPS) is 19.8. The highest BCUT2D eigenvalue weighted by molar-refractivity contribution is 5.82. The monoisotopic (exact) mass is 270 g/mol. The van der Waals surface area contributed by atoms with E-state index >= 15 is 0 Å². The van der Waals surface area contributed by atoms with Crippen molar-refractivity contribution < 1.29 is 4.79 Å². The molecular formula is C14H30N4O. The maximum Gasteiger partial charge on any atom is 0.240 e. The standard InChI is InChI=1S/C14H30N4O/c1-14(2,3)12(15)13(19)18-10-8-17(9-11-18)7-6-16(4)5/h12H,6-11,15H2,1-5H3/t12-/m1/s1. The zero-order valence-corrected chi connectivity index (χ0v) is 13.1. The molecule has 1 rings (SSSR count). The summed E-state index contributed by atoms with van der Waals surface area (Å²) in [5, 5.41) is 0. The maximum absolute atomic E-state index is 12.3. The molecule has 1 fully saturated rings. The maximum atomic E-state index is 12.3. The average Bonchev–Trinajstić information content (AvgIpc) is 2.34. The predicted molar refractivity (Wildman–Crippen MR) is 79.0 cm³/mol. The van der Waals surface area contributed by atoms with Crippen molar-refractivity contribution in [2.75, 3.05) is 53.4 Å². The first-order valence-electron chi connectivity index (χ1n) is 7.13. The Morgan fingerprint density at radius 1 is 1.21 bits per heavy atom. The predicted octanol–water partition coefficient (Wildman–Crippen LogP) is 0.0656. The summed E-state index contributed by atoms with van der Waals surface area (Å²) in [4.78, 5) is 18.8. The molecule has 1 aliphatic rings. The van der Waals surface area contributed by atoms with Crippen LogP contribution in [0.3, 0.4) is 0 Å². The van der Waals surface area contributed by atoms with Crippen molar-refractivity contribution in [3.05, 3.63) is 0 Å². The third kappa shape index (κ3) is 5.09. The quantitative estimate of drug-likeness (QED) is 0.785. The molecule has 19 heavy (non-hydrogen) atoms. The van der Waals surface area contributed by atoms with Gasteiger partial charge in [-0.1, -0.05) is 20.8 Å². The molecule has 0 saturated carbocycles. The number of hydrogen-bond acceptors (Lipinski definition) is 4. The van der Waals surface area contributed by atoms with Crippen molar-refractivity contribution in [3.8, 4) is 0 Å². The van der Waals surface area contributed by atoms with E-state index in [2.05, 4.69) is 23.9 Å². The molecule has 2 N–H and O–H groups in total. The Bertz CT molecular complexity index is 290. The van der Waals surface area contributed by atoms with Crippen molar-refractivity contribution in [1.82, 2.24) is 14.7 Å². The highest BCUT2D eigenvalue weighted by Crippen LogP contribution is 2.19. The van der Waals surface area contributed by atoms with Crippen molar-refractivity contribution in [1.29, 1.82) is 0 Å². The van der Waals surface area contributed by atoms with E-state index in [1.54, 1.807) is 0 Å². The summed E-state index contributed by atoms with van der Waals surface area (Å²) in [5.74, 6) is 0.0970. The van der Waals surface area contributed by atoms with Crippen LogP contribution in [0.1, 0.15) is 20.8 Å². The Hall–Kier alpha value is -0.650. The third-order valence-electron chi connectivity index (χ3n) is 3.75. The summed E-state index contributed by atoms with van der Waals surface area (Å²) in [6, 6.07) is -0.402. The van der Waals surface area contributed by atoms with Gasteiger partial charge in [0.25, 0.3) is 0 Å². The molecule has 0 aromatic rings. The summed E-state index contributed by atoms with van der Waals surface area (Å²) < 4.78 is 0. The minimum atomic E-state index is -0.402. The van der Waals surface area contributed by atoms with Gasteiger partial charge >= 0.3 is 0 Å². The summed E-state index contributed by atoms with van der Waals surface area (Å²) in [6.45, 7) is 11.7. The van der Waals surface area contributed by atoms with E-state index < -0.39 is 6.04 Å². The molecule has 112 valence electrons. The Kier molecular flexibility index (Phi) is 5.77. The topological polar surface area (TPSA) is 52.8 Å². The van der Waals surface area contributed by atoms with Crippen LogP contribution >= 0.6 is 0 Å². The smallest absolute Gasteiger partial charge is 0.240 e. The second-order valence-corrected chi connectivity index (χ2v) is 6.81. The molecule has 0 spiro atoms. The van der Waals surface area contributed by atoms with Gasteiger partial charge in [-0.3, -0.25) is 9.69 Å². The largest absolute Gasteiger partial charge is 0.339 e. The minimum Gasteiger partial charge on any atom is -0.339 e. The number of hydrogen-bond donors (Lipinski definition) is 1. The number of piperazine rings is 1. The SMILES string of the molecule is CN(C)CCN1CCN(C(=O)[C@@H](N)C(C)(C)C)CC1. The van der Waals surface area contributed by atoms with Crippen LogP contribution in [0.4, 0.5) is 0 Å². The van der Waals surface area contributed by atoms with Crippen LogP contribution in [0, 0.1) is 5.41 Å². The molecule has 0 aromatic carbocycles. The molecule has 5 heteroatoms. The molecule has 0 aromatic heterocycles. The van der Waals surface area contributed by atoms with Crippen molar-refractivity contribution in [2.45, 2.75) is 26.8 Å². The number of likely N-dealkylation sites (N-methyl/N-ethyl adjacent to an activating group) is 1. The lowest BCUT2D eigenvalue weighted by Gasteiger charge is -2.38. The first-order valence-corrected chi connectivity index (χ1v) is 7.13. The molecule has 0 aliphatic carbocycles. The zero-order valence-electron chi connectivity index (χ0n) is 13.1. The molecule has 0 radical (unpaired) electrons. The highest BCUT2D eigenvalue weighted by atomic mass is 16.2. The number of carbonyl (C=O) groups excluding carboxylic acids is 1. The van der Waals surface area contributed by atoms with Crippen LogP contribution in [-0.2, 0) is 4.79 Å². The lowest BCUT2D eigenvalue weighted by atomic mass is 9.86. The minimum absolute atomic E-state index is 0.0970. The van der Waals surface area contributed by atoms with Crippen LogP contribution in [0.25, 0.3) is 0 Å². The van der Waals surface area contributed by atoms with Crippen molar-refractivity contribution in [2.24, 2.45) is 11.1 Å². The Balaban J connectivity index is 2.39. The fraction of sp³-hybridized carbons (Fsp3) is 0.929. The summed E-state index contributed by atoms with van der Waals surface area (Å²) >= 11 is 0. The van der Waals surface area contributed by atoms with Crippen LogP contribution in [0.2, 0.25) is 0 Å². The van der Waals surface area contributed by atoms with E-state index in [9.17, 15) is 4.79 Å². The Labute approximate surface area is 117 Å². The van der Waals surface area contributed by atoms with Crippen LogP contribution in [0.5, 0.6) is 0 Å². The van der Waals surface area contributed by atoms with Crippen LogP contribution < -0.4 is 5.73 Å². The molecular weight excluding hydrogens is 240 g/mol. The van der Waals surface area contributed by atoms with Gasteiger partial charge in [-0.25, -0.2) is 0 Å². The van der Waals surface area contributed by atoms with E-state index in [-0.39, 0.29) is 11.3 Å². The number of carbonyl (C=O) groups is 1. The van der Waals surface area contributed by atoms with Gasteiger partial charge in [0.15, 0.2) is 0 Å². The average molecular weight is 270 g/mol. The van der Waals surface area contributed by atoms with Gasteiger partial charge in [0, 0.05) is 39.3 Å². The van der Waals surface area contributed by atoms with Gasteiger partial charge in [0.05, 0.1) is 6.04 Å². The van der Waals surface area contributed by atoms with Gasteiger partial charge in [0.1, 0.15) is 0 Å². The summed E-state index contributed by atoms with van der Waals surface area (Å²) in [7, 11) is 4.17. The highest BCUT2D eigenvalue weighted by Gasteiger charge is 2.32. The van der Waals surface area contributed by atoms with E-state index in [0.29, 0.717) is 0 Å².